The van der Waals surface area contributed by atoms with Crippen LogP contribution in [0.2, 0.25) is 0 Å². The van der Waals surface area contributed by atoms with E-state index in [9.17, 15) is 4.79 Å². The maximum Gasteiger partial charge on any atom is 0.309 e. The lowest BCUT2D eigenvalue weighted by Gasteiger charge is -2.14. The van der Waals surface area contributed by atoms with Gasteiger partial charge in [-0.3, -0.25) is 4.79 Å². The minimum Gasteiger partial charge on any atom is -0.469 e. The number of unbranched alkanes of at least 4 members (excludes halogenated alkanes) is 1. The molecule has 0 radical (unpaired) electrons. The first-order valence-corrected chi connectivity index (χ1v) is 7.73. The van der Waals surface area contributed by atoms with Crippen LogP contribution in [-0.2, 0) is 22.5 Å². The molecule has 2 aromatic rings. The number of hydrogen-bond acceptors (Lipinski definition) is 3. The zero-order valence-corrected chi connectivity index (χ0v) is 13.1. The Balaban J connectivity index is 2.29. The highest BCUT2D eigenvalue weighted by atomic mass is 16.5. The van der Waals surface area contributed by atoms with Crippen molar-refractivity contribution in [2.45, 2.75) is 46.1 Å². The van der Waals surface area contributed by atoms with E-state index in [-0.39, 0.29) is 11.9 Å². The standard InChI is InChI=1S/C17H24N2O2/c1-4-6-9-13(17(20)21-3)12-16-18-14-10-7-8-11-15(14)19(16)5-2/h7-8,10-11,13H,4-6,9,12H2,1-3H3. The minimum absolute atomic E-state index is 0.0999. The van der Waals surface area contributed by atoms with Crippen molar-refractivity contribution in [1.29, 1.82) is 0 Å². The zero-order valence-electron chi connectivity index (χ0n) is 13.1. The van der Waals surface area contributed by atoms with E-state index < -0.39 is 0 Å². The van der Waals surface area contributed by atoms with Crippen molar-refractivity contribution < 1.29 is 9.53 Å². The molecule has 0 spiro atoms. The maximum absolute atomic E-state index is 12.0. The van der Waals surface area contributed by atoms with E-state index in [1.165, 1.54) is 7.11 Å². The molecule has 0 aliphatic rings. The van der Waals surface area contributed by atoms with Crippen LogP contribution in [-0.4, -0.2) is 22.6 Å². The molecule has 0 bridgehead atoms. The number of carbonyl (C=O) groups is 1. The van der Waals surface area contributed by atoms with Crippen molar-refractivity contribution in [2.24, 2.45) is 5.92 Å². The normalized spacial score (nSPS) is 12.5. The van der Waals surface area contributed by atoms with Gasteiger partial charge in [0.15, 0.2) is 0 Å². The summed E-state index contributed by atoms with van der Waals surface area (Å²) >= 11 is 0. The molecule has 1 aromatic heterocycles. The third-order valence-electron chi connectivity index (χ3n) is 3.92. The van der Waals surface area contributed by atoms with Gasteiger partial charge in [0.25, 0.3) is 0 Å². The molecule has 4 nitrogen and oxygen atoms in total. The number of imidazole rings is 1. The summed E-state index contributed by atoms with van der Waals surface area (Å²) in [5.74, 6) is 0.750. The number of fused-ring (bicyclic) bond motifs is 1. The third kappa shape index (κ3) is 3.43. The summed E-state index contributed by atoms with van der Waals surface area (Å²) in [5, 5.41) is 0. The van der Waals surface area contributed by atoms with Crippen LogP contribution >= 0.6 is 0 Å². The number of aromatic nitrogens is 2. The van der Waals surface area contributed by atoms with Crippen LogP contribution in [0.4, 0.5) is 0 Å². The summed E-state index contributed by atoms with van der Waals surface area (Å²) in [7, 11) is 1.46. The number of carbonyl (C=O) groups excluding carboxylic acids is 1. The van der Waals surface area contributed by atoms with Crippen molar-refractivity contribution in [2.75, 3.05) is 7.11 Å². The number of esters is 1. The van der Waals surface area contributed by atoms with E-state index in [0.717, 1.165) is 42.7 Å². The Morgan fingerprint density at radius 3 is 2.76 bits per heavy atom. The Morgan fingerprint density at radius 1 is 1.33 bits per heavy atom. The molecule has 0 amide bonds. The second-order valence-electron chi connectivity index (χ2n) is 5.33. The van der Waals surface area contributed by atoms with Crippen LogP contribution in [0, 0.1) is 5.92 Å². The second-order valence-corrected chi connectivity index (χ2v) is 5.33. The molecular formula is C17H24N2O2. The van der Waals surface area contributed by atoms with Crippen LogP contribution in [0.15, 0.2) is 24.3 Å². The Labute approximate surface area is 126 Å². The van der Waals surface area contributed by atoms with Gasteiger partial charge in [0, 0.05) is 13.0 Å². The molecule has 114 valence electrons. The van der Waals surface area contributed by atoms with Gasteiger partial charge in [-0.15, -0.1) is 0 Å². The average molecular weight is 288 g/mol. The molecule has 1 atom stereocenters. The average Bonchev–Trinajstić information content (AvgIpc) is 2.87. The Morgan fingerprint density at radius 2 is 2.10 bits per heavy atom. The number of benzene rings is 1. The van der Waals surface area contributed by atoms with Gasteiger partial charge in [-0.2, -0.15) is 0 Å². The van der Waals surface area contributed by atoms with Crippen molar-refractivity contribution in [1.82, 2.24) is 9.55 Å². The molecule has 0 saturated heterocycles. The largest absolute Gasteiger partial charge is 0.469 e. The highest BCUT2D eigenvalue weighted by molar-refractivity contribution is 5.76. The summed E-state index contributed by atoms with van der Waals surface area (Å²) < 4.78 is 7.14. The molecule has 0 fully saturated rings. The lowest BCUT2D eigenvalue weighted by molar-refractivity contribution is -0.145. The molecule has 1 unspecified atom stereocenters. The number of ether oxygens (including phenoxy) is 1. The van der Waals surface area contributed by atoms with E-state index in [2.05, 4.69) is 24.5 Å². The van der Waals surface area contributed by atoms with Crippen molar-refractivity contribution in [3.8, 4) is 0 Å². The Bertz CT molecular complexity index is 604. The fourth-order valence-corrected chi connectivity index (χ4v) is 2.77. The molecule has 0 saturated carbocycles. The number of methoxy groups -OCH3 is 1. The molecule has 0 N–H and O–H groups in total. The number of aryl methyl sites for hydroxylation is 1. The number of hydrogen-bond donors (Lipinski definition) is 0. The fourth-order valence-electron chi connectivity index (χ4n) is 2.77. The predicted octanol–water partition coefficient (Wildman–Crippen LogP) is 3.58. The first-order valence-electron chi connectivity index (χ1n) is 7.73. The molecular weight excluding hydrogens is 264 g/mol. The molecule has 4 heteroatoms. The molecule has 0 aliphatic carbocycles. The molecule has 0 aliphatic heterocycles. The van der Waals surface area contributed by atoms with Gasteiger partial charge in [0.1, 0.15) is 5.82 Å². The SMILES string of the molecule is CCCCC(Cc1nc2ccccc2n1CC)C(=O)OC. The van der Waals surface area contributed by atoms with Crippen molar-refractivity contribution >= 4 is 17.0 Å². The van der Waals surface area contributed by atoms with Gasteiger partial charge in [0.2, 0.25) is 0 Å². The van der Waals surface area contributed by atoms with Gasteiger partial charge < -0.3 is 9.30 Å². The monoisotopic (exact) mass is 288 g/mol. The van der Waals surface area contributed by atoms with Crippen LogP contribution in [0.5, 0.6) is 0 Å². The quantitative estimate of drug-likeness (QED) is 0.731. The van der Waals surface area contributed by atoms with Crippen molar-refractivity contribution in [3.05, 3.63) is 30.1 Å². The Hall–Kier alpha value is -1.84. The van der Waals surface area contributed by atoms with E-state index in [4.69, 9.17) is 9.72 Å². The first-order chi connectivity index (χ1) is 10.2. The topological polar surface area (TPSA) is 44.1 Å². The van der Waals surface area contributed by atoms with E-state index >= 15 is 0 Å². The van der Waals surface area contributed by atoms with E-state index in [1.807, 2.05) is 18.2 Å². The predicted molar refractivity (Wildman–Crippen MR) is 84.1 cm³/mol. The summed E-state index contributed by atoms with van der Waals surface area (Å²) in [4.78, 5) is 16.7. The van der Waals surface area contributed by atoms with Crippen LogP contribution in [0.1, 0.15) is 38.9 Å². The number of rotatable bonds is 7. The molecule has 21 heavy (non-hydrogen) atoms. The maximum atomic E-state index is 12.0. The molecule has 2 rings (SSSR count). The van der Waals surface area contributed by atoms with Gasteiger partial charge in [-0.05, 0) is 25.5 Å². The summed E-state index contributed by atoms with van der Waals surface area (Å²) in [6.07, 6.45) is 3.62. The lowest BCUT2D eigenvalue weighted by Crippen LogP contribution is -2.20. The first kappa shape index (κ1) is 15.5. The fraction of sp³-hybridized carbons (Fsp3) is 0.529. The zero-order chi connectivity index (χ0) is 15.2. The van der Waals surface area contributed by atoms with Crippen molar-refractivity contribution in [3.63, 3.8) is 0 Å². The summed E-state index contributed by atoms with van der Waals surface area (Å²) in [5.41, 5.74) is 2.13. The smallest absolute Gasteiger partial charge is 0.309 e. The van der Waals surface area contributed by atoms with Gasteiger partial charge >= 0.3 is 5.97 Å². The van der Waals surface area contributed by atoms with E-state index in [0.29, 0.717) is 6.42 Å². The summed E-state index contributed by atoms with van der Waals surface area (Å²) in [6.45, 7) is 5.10. The number of para-hydroxylation sites is 2. The van der Waals surface area contributed by atoms with Gasteiger partial charge in [0.05, 0.1) is 24.1 Å². The van der Waals surface area contributed by atoms with Gasteiger partial charge in [-0.1, -0.05) is 31.9 Å². The highest BCUT2D eigenvalue weighted by Gasteiger charge is 2.22. The molecule has 1 heterocycles. The second kappa shape index (κ2) is 7.25. The highest BCUT2D eigenvalue weighted by Crippen LogP contribution is 2.21. The van der Waals surface area contributed by atoms with Crippen LogP contribution in [0.3, 0.4) is 0 Å². The number of nitrogens with zero attached hydrogens (tertiary/aromatic N) is 2. The third-order valence-corrected chi connectivity index (χ3v) is 3.92. The summed E-state index contributed by atoms with van der Waals surface area (Å²) in [6, 6.07) is 8.11. The van der Waals surface area contributed by atoms with Crippen LogP contribution < -0.4 is 0 Å². The Kier molecular flexibility index (Phi) is 5.37. The van der Waals surface area contributed by atoms with E-state index in [1.54, 1.807) is 0 Å². The van der Waals surface area contributed by atoms with Gasteiger partial charge in [-0.25, -0.2) is 4.98 Å². The minimum atomic E-state index is -0.127. The van der Waals surface area contributed by atoms with Crippen LogP contribution in [0.25, 0.3) is 11.0 Å². The molecule has 1 aromatic carbocycles. The lowest BCUT2D eigenvalue weighted by atomic mass is 9.98.